The first-order valence-electron chi connectivity index (χ1n) is 12.0. The van der Waals surface area contributed by atoms with E-state index in [0.717, 1.165) is 11.5 Å². The molecule has 2 N–H and O–H groups in total. The number of nitrogens with zero attached hydrogens (tertiary/aromatic N) is 6. The van der Waals surface area contributed by atoms with E-state index >= 15 is 4.39 Å². The van der Waals surface area contributed by atoms with Gasteiger partial charge in [0.25, 0.3) is 0 Å². The van der Waals surface area contributed by atoms with Gasteiger partial charge in [0.2, 0.25) is 11.9 Å². The zero-order valence-corrected chi connectivity index (χ0v) is 20.1. The summed E-state index contributed by atoms with van der Waals surface area (Å²) in [6.45, 7) is 5.44. The van der Waals surface area contributed by atoms with Crippen molar-refractivity contribution in [3.63, 3.8) is 0 Å². The van der Waals surface area contributed by atoms with E-state index in [4.69, 9.17) is 4.74 Å². The van der Waals surface area contributed by atoms with Crippen molar-refractivity contribution in [1.82, 2.24) is 20.3 Å². The zero-order chi connectivity index (χ0) is 24.9. The summed E-state index contributed by atoms with van der Waals surface area (Å²) in [5, 5.41) is 5.97. The number of carbonyl (C=O) groups excluding carboxylic acids is 1. The molecule has 1 amide bonds. The molecule has 0 saturated carbocycles. The van der Waals surface area contributed by atoms with Gasteiger partial charge in [-0.2, -0.15) is 4.98 Å². The van der Waals surface area contributed by atoms with E-state index in [2.05, 4.69) is 30.5 Å². The first-order valence-corrected chi connectivity index (χ1v) is 12.0. The number of hydrogen-bond acceptors (Lipinski definition) is 9. The van der Waals surface area contributed by atoms with Crippen LogP contribution in [0.5, 0.6) is 0 Å². The number of benzene rings is 1. The normalized spacial score (nSPS) is 17.8. The van der Waals surface area contributed by atoms with Gasteiger partial charge in [0, 0.05) is 64.1 Å². The summed E-state index contributed by atoms with van der Waals surface area (Å²) in [4.78, 5) is 30.5. The van der Waals surface area contributed by atoms with Gasteiger partial charge < -0.3 is 30.1 Å². The lowest BCUT2D eigenvalue weighted by atomic mass is 10.2. The lowest BCUT2D eigenvalue weighted by Gasteiger charge is -2.36. The van der Waals surface area contributed by atoms with E-state index < -0.39 is 0 Å². The highest BCUT2D eigenvalue weighted by Crippen LogP contribution is 2.26. The lowest BCUT2D eigenvalue weighted by molar-refractivity contribution is -0.119. The third-order valence-corrected chi connectivity index (χ3v) is 6.22. The minimum atomic E-state index is -0.359. The number of ether oxygens (including phenoxy) is 1. The number of para-hydroxylation sites is 1. The van der Waals surface area contributed by atoms with Gasteiger partial charge in [-0.15, -0.1) is 0 Å². The van der Waals surface area contributed by atoms with Crippen molar-refractivity contribution in [1.29, 1.82) is 0 Å². The predicted octanol–water partition coefficient (Wildman–Crippen LogP) is 2.38. The van der Waals surface area contributed by atoms with Gasteiger partial charge in [-0.25, -0.2) is 14.4 Å². The van der Waals surface area contributed by atoms with Crippen LogP contribution in [-0.4, -0.2) is 73.0 Å². The van der Waals surface area contributed by atoms with Gasteiger partial charge in [0.05, 0.1) is 18.0 Å². The maximum atomic E-state index is 15.0. The number of nitrogens with one attached hydrogen (secondary N) is 2. The van der Waals surface area contributed by atoms with Crippen LogP contribution in [0.3, 0.4) is 0 Å². The molecule has 11 heteroatoms. The molecule has 36 heavy (non-hydrogen) atoms. The van der Waals surface area contributed by atoms with Crippen molar-refractivity contribution in [3.8, 4) is 0 Å². The number of piperazine rings is 1. The summed E-state index contributed by atoms with van der Waals surface area (Å²) in [7, 11) is 0. The molecule has 3 aromatic rings. The molecule has 4 heterocycles. The van der Waals surface area contributed by atoms with E-state index in [0.29, 0.717) is 63.5 Å². The molecular formula is C25H29FN8O2. The predicted molar refractivity (Wildman–Crippen MR) is 136 cm³/mol. The van der Waals surface area contributed by atoms with Crippen molar-refractivity contribution < 1.29 is 13.9 Å². The topological polar surface area (TPSA) is 98.8 Å². The Morgan fingerprint density at radius 2 is 1.86 bits per heavy atom. The summed E-state index contributed by atoms with van der Waals surface area (Å²) in [5.41, 5.74) is 1.59. The third kappa shape index (κ3) is 5.62. The van der Waals surface area contributed by atoms with Crippen LogP contribution < -0.4 is 25.3 Å². The monoisotopic (exact) mass is 492 g/mol. The average Bonchev–Trinajstić information content (AvgIpc) is 3.38. The molecule has 0 aliphatic carbocycles. The first kappa shape index (κ1) is 23.7. The molecule has 0 spiro atoms. The summed E-state index contributed by atoms with van der Waals surface area (Å²) in [6, 6.07) is 13.2. The van der Waals surface area contributed by atoms with Crippen LogP contribution in [0.1, 0.15) is 6.92 Å². The Kier molecular flexibility index (Phi) is 7.08. The van der Waals surface area contributed by atoms with Crippen molar-refractivity contribution in [2.45, 2.75) is 13.0 Å². The van der Waals surface area contributed by atoms with Crippen molar-refractivity contribution in [2.24, 2.45) is 0 Å². The summed E-state index contributed by atoms with van der Waals surface area (Å²) >= 11 is 0. The van der Waals surface area contributed by atoms with Crippen LogP contribution in [0.25, 0.3) is 0 Å². The van der Waals surface area contributed by atoms with Gasteiger partial charge in [-0.05, 0) is 18.2 Å². The molecule has 2 aromatic heterocycles. The van der Waals surface area contributed by atoms with Crippen LogP contribution in [0.2, 0.25) is 0 Å². The number of amides is 1. The van der Waals surface area contributed by atoms with Crippen LogP contribution in [0.15, 0.2) is 54.9 Å². The number of aromatic nitrogens is 3. The second kappa shape index (κ2) is 10.7. The minimum Gasteiger partial charge on any atom is -0.354 e. The first-order chi connectivity index (χ1) is 17.5. The highest BCUT2D eigenvalue weighted by atomic mass is 19.1. The number of hydrogen-bond donors (Lipinski definition) is 2. The van der Waals surface area contributed by atoms with Crippen molar-refractivity contribution in [3.05, 3.63) is 60.7 Å². The maximum absolute atomic E-state index is 15.0. The highest BCUT2D eigenvalue weighted by molar-refractivity contribution is 5.72. The van der Waals surface area contributed by atoms with Gasteiger partial charge in [0.1, 0.15) is 12.5 Å². The Morgan fingerprint density at radius 1 is 1.08 bits per heavy atom. The minimum absolute atomic E-state index is 0.0989. The number of rotatable bonds is 7. The Labute approximate surface area is 209 Å². The van der Waals surface area contributed by atoms with E-state index in [9.17, 15) is 4.79 Å². The fourth-order valence-corrected chi connectivity index (χ4v) is 4.32. The molecular weight excluding hydrogens is 463 g/mol. The molecule has 1 atom stereocenters. The molecule has 1 unspecified atom stereocenters. The van der Waals surface area contributed by atoms with Crippen LogP contribution in [0.4, 0.5) is 33.3 Å². The third-order valence-electron chi connectivity index (χ3n) is 6.22. The number of anilines is 5. The van der Waals surface area contributed by atoms with Gasteiger partial charge in [-0.3, -0.25) is 4.79 Å². The molecule has 10 nitrogen and oxygen atoms in total. The molecule has 2 fully saturated rings. The second-order valence-electron chi connectivity index (χ2n) is 8.78. The molecule has 2 saturated heterocycles. The van der Waals surface area contributed by atoms with Crippen LogP contribution >= 0.6 is 0 Å². The zero-order valence-electron chi connectivity index (χ0n) is 20.1. The van der Waals surface area contributed by atoms with Crippen molar-refractivity contribution >= 4 is 34.9 Å². The average molecular weight is 493 g/mol. The summed E-state index contributed by atoms with van der Waals surface area (Å²) in [5.74, 6) is 1.26. The molecule has 188 valence electrons. The molecule has 0 radical (unpaired) electrons. The molecule has 5 rings (SSSR count). The molecule has 1 aromatic carbocycles. The van der Waals surface area contributed by atoms with Gasteiger partial charge >= 0.3 is 0 Å². The molecule has 0 bridgehead atoms. The van der Waals surface area contributed by atoms with Crippen LogP contribution in [-0.2, 0) is 9.53 Å². The fraction of sp³-hybridized carbons (Fsp3) is 0.360. The largest absolute Gasteiger partial charge is 0.354 e. The number of halogens is 1. The Morgan fingerprint density at radius 3 is 2.61 bits per heavy atom. The standard InChI is InChI=1S/C25H29FN8O2/c1-18(35)28-15-21-16-34(17-36-21)20-13-22(26)24(29-14-20)33-11-9-32(10-12-33)23-7-8-27-25(31-23)30-19-5-3-2-4-6-19/h2-8,13-14,21H,9-12,15-17H2,1H3,(H,28,35)(H,27,30,31). The van der Waals surface area contributed by atoms with E-state index in [1.165, 1.54) is 13.0 Å². The van der Waals surface area contributed by atoms with Crippen LogP contribution in [0, 0.1) is 5.82 Å². The number of carbonyl (C=O) groups is 1. The van der Waals surface area contributed by atoms with Crippen molar-refractivity contribution in [2.75, 3.05) is 66.0 Å². The number of pyridine rings is 1. The van der Waals surface area contributed by atoms with Gasteiger partial charge in [-0.1, -0.05) is 18.2 Å². The SMILES string of the molecule is CC(=O)NCC1CN(c2cnc(N3CCN(c4ccnc(Nc5ccccc5)n4)CC3)c(F)c2)CO1. The van der Waals surface area contributed by atoms with E-state index in [-0.39, 0.29) is 17.8 Å². The smallest absolute Gasteiger partial charge is 0.229 e. The van der Waals surface area contributed by atoms with Gasteiger partial charge in [0.15, 0.2) is 11.6 Å². The summed E-state index contributed by atoms with van der Waals surface area (Å²) < 4.78 is 20.7. The summed E-state index contributed by atoms with van der Waals surface area (Å²) in [6.07, 6.45) is 3.29. The lowest BCUT2D eigenvalue weighted by Crippen LogP contribution is -2.47. The van der Waals surface area contributed by atoms with E-state index in [1.54, 1.807) is 12.4 Å². The fourth-order valence-electron chi connectivity index (χ4n) is 4.32. The Balaban J connectivity index is 1.17. The Bertz CT molecular complexity index is 1190. The van der Waals surface area contributed by atoms with E-state index in [1.807, 2.05) is 46.2 Å². The Hall–Kier alpha value is -3.99. The molecule has 2 aliphatic rings. The highest BCUT2D eigenvalue weighted by Gasteiger charge is 2.26. The molecule has 2 aliphatic heterocycles. The maximum Gasteiger partial charge on any atom is 0.229 e. The second-order valence-corrected chi connectivity index (χ2v) is 8.78. The quantitative estimate of drug-likeness (QED) is 0.515.